The first-order valence-electron chi connectivity index (χ1n) is 7.06. The molecule has 0 saturated heterocycles. The van der Waals surface area contributed by atoms with Crippen molar-refractivity contribution in [3.63, 3.8) is 0 Å². The van der Waals surface area contributed by atoms with Crippen molar-refractivity contribution in [3.8, 4) is 6.07 Å². The molecule has 0 aliphatic rings. The summed E-state index contributed by atoms with van der Waals surface area (Å²) in [6, 6.07) is 2.39. The second-order valence-corrected chi connectivity index (χ2v) is 5.65. The average molecular weight is 297 g/mol. The second-order valence-electron chi connectivity index (χ2n) is 4.59. The van der Waals surface area contributed by atoms with Crippen LogP contribution in [0.15, 0.2) is 9.95 Å². The summed E-state index contributed by atoms with van der Waals surface area (Å²) in [7, 11) is 0. The molecule has 2 N–H and O–H groups in total. The van der Waals surface area contributed by atoms with Crippen LogP contribution in [0.1, 0.15) is 40.0 Å². The number of thioether (sulfide) groups is 1. The maximum atomic E-state index is 11.4. The van der Waals surface area contributed by atoms with Gasteiger partial charge in [-0.3, -0.25) is 9.88 Å². The summed E-state index contributed by atoms with van der Waals surface area (Å²) in [6.07, 6.45) is 2.51. The third kappa shape index (κ3) is 4.12. The van der Waals surface area contributed by atoms with Gasteiger partial charge in [0.2, 0.25) is 0 Å². The standard InChI is InChI=1S/C13H23N5OS/c1-4-13(10-14,15-5-2)8-7-9-20-12-17-16-11(19)18(12)6-3/h15H,4-9H2,1-3H3,(H,16,19). The summed E-state index contributed by atoms with van der Waals surface area (Å²) in [6.45, 7) is 7.38. The maximum Gasteiger partial charge on any atom is 0.343 e. The van der Waals surface area contributed by atoms with Gasteiger partial charge in [-0.25, -0.2) is 9.89 Å². The lowest BCUT2D eigenvalue weighted by molar-refractivity contribution is 0.379. The number of hydrogen-bond donors (Lipinski definition) is 2. The third-order valence-corrected chi connectivity index (χ3v) is 4.41. The first-order valence-corrected chi connectivity index (χ1v) is 8.05. The van der Waals surface area contributed by atoms with Crippen LogP contribution in [0, 0.1) is 11.3 Å². The highest BCUT2D eigenvalue weighted by Gasteiger charge is 2.25. The van der Waals surface area contributed by atoms with Gasteiger partial charge in [-0.05, 0) is 32.7 Å². The van der Waals surface area contributed by atoms with E-state index in [4.69, 9.17) is 0 Å². The molecule has 0 amide bonds. The van der Waals surface area contributed by atoms with E-state index < -0.39 is 5.54 Å². The number of aromatic nitrogens is 3. The minimum atomic E-state index is -0.425. The van der Waals surface area contributed by atoms with E-state index in [1.165, 1.54) is 0 Å². The van der Waals surface area contributed by atoms with Crippen molar-refractivity contribution in [3.05, 3.63) is 10.5 Å². The van der Waals surface area contributed by atoms with Crippen LogP contribution in [0.4, 0.5) is 0 Å². The normalized spacial score (nSPS) is 13.9. The highest BCUT2D eigenvalue weighted by atomic mass is 32.2. The Labute approximate surface area is 123 Å². The smallest absolute Gasteiger partial charge is 0.300 e. The minimum absolute atomic E-state index is 0.164. The van der Waals surface area contributed by atoms with Gasteiger partial charge in [-0.15, -0.1) is 5.10 Å². The van der Waals surface area contributed by atoms with Gasteiger partial charge in [0.15, 0.2) is 5.16 Å². The summed E-state index contributed by atoms with van der Waals surface area (Å²) < 4.78 is 1.62. The Kier molecular flexibility index (Phi) is 6.82. The van der Waals surface area contributed by atoms with E-state index in [9.17, 15) is 10.1 Å². The first-order chi connectivity index (χ1) is 9.62. The van der Waals surface area contributed by atoms with E-state index in [0.717, 1.165) is 36.7 Å². The Bertz CT molecular complexity index is 504. The number of rotatable bonds is 9. The van der Waals surface area contributed by atoms with Crippen molar-refractivity contribution in [1.29, 1.82) is 5.26 Å². The Morgan fingerprint density at radius 3 is 2.80 bits per heavy atom. The first kappa shape index (κ1) is 16.8. The predicted molar refractivity (Wildman–Crippen MR) is 80.8 cm³/mol. The Balaban J connectivity index is 2.48. The van der Waals surface area contributed by atoms with Crippen molar-refractivity contribution in [2.45, 2.75) is 57.3 Å². The molecule has 0 radical (unpaired) electrons. The molecule has 20 heavy (non-hydrogen) atoms. The van der Waals surface area contributed by atoms with Crippen LogP contribution in [0.3, 0.4) is 0 Å². The van der Waals surface area contributed by atoms with E-state index in [-0.39, 0.29) is 5.69 Å². The van der Waals surface area contributed by atoms with Gasteiger partial charge in [0.05, 0.1) is 6.07 Å². The lowest BCUT2D eigenvalue weighted by Gasteiger charge is -2.25. The highest BCUT2D eigenvalue weighted by molar-refractivity contribution is 7.99. The van der Waals surface area contributed by atoms with Gasteiger partial charge in [0.1, 0.15) is 5.54 Å². The van der Waals surface area contributed by atoms with Crippen LogP contribution >= 0.6 is 11.8 Å². The van der Waals surface area contributed by atoms with E-state index in [1.54, 1.807) is 16.3 Å². The molecular weight excluding hydrogens is 274 g/mol. The van der Waals surface area contributed by atoms with E-state index in [1.807, 2.05) is 20.8 Å². The van der Waals surface area contributed by atoms with Crippen molar-refractivity contribution in [2.75, 3.05) is 12.3 Å². The number of nitriles is 1. The summed E-state index contributed by atoms with van der Waals surface area (Å²) in [4.78, 5) is 11.4. The molecule has 0 saturated carbocycles. The van der Waals surface area contributed by atoms with Crippen LogP contribution < -0.4 is 11.0 Å². The van der Waals surface area contributed by atoms with Crippen LogP contribution in [0.25, 0.3) is 0 Å². The zero-order chi connectivity index (χ0) is 15.0. The molecule has 112 valence electrons. The second kappa shape index (κ2) is 8.12. The number of nitrogens with one attached hydrogen (secondary N) is 2. The third-order valence-electron chi connectivity index (χ3n) is 3.35. The van der Waals surface area contributed by atoms with E-state index >= 15 is 0 Å². The Morgan fingerprint density at radius 2 is 2.25 bits per heavy atom. The predicted octanol–water partition coefficient (Wildman–Crippen LogP) is 1.75. The van der Waals surface area contributed by atoms with E-state index in [2.05, 4.69) is 21.6 Å². The highest BCUT2D eigenvalue weighted by Crippen LogP contribution is 2.21. The van der Waals surface area contributed by atoms with Crippen molar-refractivity contribution < 1.29 is 0 Å². The molecule has 1 rings (SSSR count). The summed E-state index contributed by atoms with van der Waals surface area (Å²) in [5, 5.41) is 19.8. The zero-order valence-corrected chi connectivity index (χ0v) is 13.2. The lowest BCUT2D eigenvalue weighted by atomic mass is 9.92. The number of aromatic amines is 1. The molecular formula is C13H23N5OS. The molecule has 1 aromatic heterocycles. The fourth-order valence-corrected chi connectivity index (χ4v) is 3.08. The van der Waals surface area contributed by atoms with Crippen molar-refractivity contribution in [1.82, 2.24) is 20.1 Å². The van der Waals surface area contributed by atoms with Crippen LogP contribution in [0.2, 0.25) is 0 Å². The van der Waals surface area contributed by atoms with Crippen molar-refractivity contribution >= 4 is 11.8 Å². The maximum absolute atomic E-state index is 11.4. The molecule has 0 spiro atoms. The summed E-state index contributed by atoms with van der Waals surface area (Å²) in [5.41, 5.74) is -0.590. The number of nitrogens with zero attached hydrogens (tertiary/aromatic N) is 3. The van der Waals surface area contributed by atoms with Gasteiger partial charge in [0, 0.05) is 12.3 Å². The van der Waals surface area contributed by atoms with Crippen LogP contribution in [0.5, 0.6) is 0 Å². The van der Waals surface area contributed by atoms with Gasteiger partial charge in [-0.2, -0.15) is 5.26 Å². The molecule has 0 bridgehead atoms. The van der Waals surface area contributed by atoms with Crippen LogP contribution in [-0.4, -0.2) is 32.6 Å². The van der Waals surface area contributed by atoms with Gasteiger partial charge >= 0.3 is 5.69 Å². The molecule has 0 fully saturated rings. The van der Waals surface area contributed by atoms with E-state index in [0.29, 0.717) is 6.54 Å². The summed E-state index contributed by atoms with van der Waals surface area (Å²) in [5.74, 6) is 0.846. The van der Waals surface area contributed by atoms with Gasteiger partial charge < -0.3 is 0 Å². The van der Waals surface area contributed by atoms with Crippen molar-refractivity contribution in [2.24, 2.45) is 0 Å². The molecule has 0 aliphatic heterocycles. The number of hydrogen-bond acceptors (Lipinski definition) is 5. The fourth-order valence-electron chi connectivity index (χ4n) is 2.13. The van der Waals surface area contributed by atoms with Crippen LogP contribution in [-0.2, 0) is 6.54 Å². The lowest BCUT2D eigenvalue weighted by Crippen LogP contribution is -2.43. The average Bonchev–Trinajstić information content (AvgIpc) is 2.82. The Hall–Kier alpha value is -1.26. The van der Waals surface area contributed by atoms with Gasteiger partial charge in [0.25, 0.3) is 0 Å². The Morgan fingerprint density at radius 1 is 1.50 bits per heavy atom. The quantitative estimate of drug-likeness (QED) is 0.535. The van der Waals surface area contributed by atoms with Gasteiger partial charge in [-0.1, -0.05) is 25.6 Å². The SMILES string of the molecule is CCNC(C#N)(CC)CCCSc1n[nH]c(=O)n1CC. The largest absolute Gasteiger partial charge is 0.343 e. The summed E-state index contributed by atoms with van der Waals surface area (Å²) >= 11 is 1.56. The molecule has 0 aliphatic carbocycles. The monoisotopic (exact) mass is 297 g/mol. The number of H-pyrrole nitrogens is 1. The molecule has 1 heterocycles. The molecule has 1 atom stereocenters. The molecule has 1 aromatic rings. The minimum Gasteiger partial charge on any atom is -0.300 e. The zero-order valence-electron chi connectivity index (χ0n) is 12.4. The fraction of sp³-hybridized carbons (Fsp3) is 0.769. The molecule has 0 aromatic carbocycles. The molecule has 6 nitrogen and oxygen atoms in total. The molecule has 7 heteroatoms. The molecule has 1 unspecified atom stereocenters. The topological polar surface area (TPSA) is 86.5 Å².